The van der Waals surface area contributed by atoms with Gasteiger partial charge in [-0.2, -0.15) is 0 Å². The molecule has 0 heterocycles. The lowest BCUT2D eigenvalue weighted by molar-refractivity contribution is 0.344. The zero-order valence-corrected chi connectivity index (χ0v) is 14.0. The smallest absolute Gasteiger partial charge is 0.148 e. The summed E-state index contributed by atoms with van der Waals surface area (Å²) in [6.07, 6.45) is 0.938. The summed E-state index contributed by atoms with van der Waals surface area (Å²) in [5.74, 6) is 0.838. The minimum Gasteiger partial charge on any atom is -0.487 e. The molecule has 0 unspecified atom stereocenters. The molecule has 18 heavy (non-hydrogen) atoms. The second-order valence-electron chi connectivity index (χ2n) is 4.06. The Labute approximate surface area is 126 Å². The quantitative estimate of drug-likeness (QED) is 0.698. The molecule has 0 aliphatic carbocycles. The van der Waals surface area contributed by atoms with Crippen LogP contribution in [0.4, 0.5) is 0 Å². The van der Waals surface area contributed by atoms with Crippen molar-refractivity contribution in [2.45, 2.75) is 26.8 Å². The lowest BCUT2D eigenvalue weighted by atomic mass is 10.2. The lowest BCUT2D eigenvalue weighted by Crippen LogP contribution is -2.12. The average Bonchev–Trinajstić information content (AvgIpc) is 2.34. The summed E-state index contributed by atoms with van der Waals surface area (Å²) in [5, 5.41) is 3.30. The number of rotatable bonds is 7. The summed E-state index contributed by atoms with van der Waals surface area (Å²) in [6, 6.07) is 4.16. The number of hydrogen-bond acceptors (Lipinski definition) is 2. The summed E-state index contributed by atoms with van der Waals surface area (Å²) in [5.41, 5.74) is 2.31. The van der Waals surface area contributed by atoms with Gasteiger partial charge in [0.05, 0.1) is 8.95 Å². The van der Waals surface area contributed by atoms with Crippen molar-refractivity contribution in [1.82, 2.24) is 5.32 Å². The Morgan fingerprint density at radius 3 is 2.39 bits per heavy atom. The van der Waals surface area contributed by atoms with Gasteiger partial charge in [0, 0.05) is 6.54 Å². The highest BCUT2D eigenvalue weighted by Gasteiger charge is 2.09. The van der Waals surface area contributed by atoms with Gasteiger partial charge in [-0.3, -0.25) is 0 Å². The van der Waals surface area contributed by atoms with Crippen LogP contribution in [0.1, 0.15) is 25.8 Å². The highest BCUT2D eigenvalue weighted by Crippen LogP contribution is 2.35. The van der Waals surface area contributed by atoms with Gasteiger partial charge in [-0.25, -0.2) is 0 Å². The summed E-state index contributed by atoms with van der Waals surface area (Å²) in [4.78, 5) is 0. The first-order valence-electron chi connectivity index (χ1n) is 6.06. The molecule has 0 radical (unpaired) electrons. The SMILES string of the molecule is C=C(CC)COc1c(Br)cc(CNCC)cc1Br. The molecule has 0 aliphatic heterocycles. The van der Waals surface area contributed by atoms with Gasteiger partial charge < -0.3 is 10.1 Å². The summed E-state index contributed by atoms with van der Waals surface area (Å²) >= 11 is 7.10. The van der Waals surface area contributed by atoms with Crippen LogP contribution in [0.5, 0.6) is 5.75 Å². The van der Waals surface area contributed by atoms with E-state index in [2.05, 4.69) is 69.7 Å². The zero-order valence-electron chi connectivity index (χ0n) is 10.9. The van der Waals surface area contributed by atoms with Crippen molar-refractivity contribution in [2.24, 2.45) is 0 Å². The van der Waals surface area contributed by atoms with Crippen molar-refractivity contribution in [3.05, 3.63) is 38.8 Å². The maximum absolute atomic E-state index is 5.77. The van der Waals surface area contributed by atoms with Gasteiger partial charge >= 0.3 is 0 Å². The van der Waals surface area contributed by atoms with Gasteiger partial charge in [0.15, 0.2) is 0 Å². The second-order valence-corrected chi connectivity index (χ2v) is 5.77. The highest BCUT2D eigenvalue weighted by molar-refractivity contribution is 9.11. The number of halogens is 2. The lowest BCUT2D eigenvalue weighted by Gasteiger charge is -2.13. The number of hydrogen-bond donors (Lipinski definition) is 1. The predicted octanol–water partition coefficient (Wildman–Crippen LogP) is 4.67. The molecule has 0 aliphatic rings. The zero-order chi connectivity index (χ0) is 13.5. The summed E-state index contributed by atoms with van der Waals surface area (Å²) < 4.78 is 7.70. The molecule has 1 rings (SSSR count). The van der Waals surface area contributed by atoms with Crippen molar-refractivity contribution in [3.63, 3.8) is 0 Å². The van der Waals surface area contributed by atoms with Crippen molar-refractivity contribution in [1.29, 1.82) is 0 Å². The number of benzene rings is 1. The standard InChI is InChI=1S/C14H19Br2NO/c1-4-10(3)9-18-14-12(15)6-11(7-13(14)16)8-17-5-2/h6-7,17H,3-5,8-9H2,1-2H3. The Kier molecular flexibility index (Phi) is 6.97. The van der Waals surface area contributed by atoms with E-state index in [9.17, 15) is 0 Å². The van der Waals surface area contributed by atoms with Crippen LogP contribution in [0.3, 0.4) is 0 Å². The molecule has 0 spiro atoms. The molecule has 100 valence electrons. The molecular weight excluding hydrogens is 358 g/mol. The van der Waals surface area contributed by atoms with E-state index >= 15 is 0 Å². The van der Waals surface area contributed by atoms with Gasteiger partial charge in [0.1, 0.15) is 12.4 Å². The molecule has 0 fully saturated rings. The summed E-state index contributed by atoms with van der Waals surface area (Å²) in [6.45, 7) is 10.5. The van der Waals surface area contributed by atoms with Gasteiger partial charge in [0.25, 0.3) is 0 Å². The highest BCUT2D eigenvalue weighted by atomic mass is 79.9. The van der Waals surface area contributed by atoms with Crippen LogP contribution in [0.15, 0.2) is 33.2 Å². The van der Waals surface area contributed by atoms with E-state index < -0.39 is 0 Å². The molecule has 1 aromatic carbocycles. The fourth-order valence-electron chi connectivity index (χ4n) is 1.40. The molecule has 2 nitrogen and oxygen atoms in total. The van der Waals surface area contributed by atoms with Crippen LogP contribution in [0.2, 0.25) is 0 Å². The first kappa shape index (κ1) is 15.7. The normalized spacial score (nSPS) is 10.4. The van der Waals surface area contributed by atoms with E-state index in [0.717, 1.165) is 39.8 Å². The third-order valence-electron chi connectivity index (χ3n) is 2.56. The van der Waals surface area contributed by atoms with Gasteiger partial charge in [0.2, 0.25) is 0 Å². The molecule has 1 N–H and O–H groups in total. The van der Waals surface area contributed by atoms with E-state index in [1.807, 2.05) is 0 Å². The largest absolute Gasteiger partial charge is 0.487 e. The van der Waals surface area contributed by atoms with E-state index in [4.69, 9.17) is 4.74 Å². The molecule has 0 saturated heterocycles. The van der Waals surface area contributed by atoms with Crippen molar-refractivity contribution >= 4 is 31.9 Å². The van der Waals surface area contributed by atoms with Gasteiger partial charge in [-0.05, 0) is 68.1 Å². The van der Waals surface area contributed by atoms with Crippen LogP contribution in [-0.2, 0) is 6.54 Å². The first-order chi connectivity index (χ1) is 8.58. The Balaban J connectivity index is 2.77. The predicted molar refractivity (Wildman–Crippen MR) is 84.1 cm³/mol. The van der Waals surface area contributed by atoms with Crippen LogP contribution in [0.25, 0.3) is 0 Å². The third-order valence-corrected chi connectivity index (χ3v) is 3.74. The van der Waals surface area contributed by atoms with E-state index in [1.54, 1.807) is 0 Å². The minimum atomic E-state index is 0.556. The molecular formula is C14H19Br2NO. The Morgan fingerprint density at radius 2 is 1.89 bits per heavy atom. The fraction of sp³-hybridized carbons (Fsp3) is 0.429. The Hall–Kier alpha value is -0.320. The maximum Gasteiger partial charge on any atom is 0.148 e. The molecule has 0 aromatic heterocycles. The average molecular weight is 377 g/mol. The van der Waals surface area contributed by atoms with Gasteiger partial charge in [-0.15, -0.1) is 0 Å². The maximum atomic E-state index is 5.77. The second kappa shape index (κ2) is 7.97. The molecule has 4 heteroatoms. The monoisotopic (exact) mass is 375 g/mol. The third kappa shape index (κ3) is 4.75. The first-order valence-corrected chi connectivity index (χ1v) is 7.65. The van der Waals surface area contributed by atoms with Crippen LogP contribution >= 0.6 is 31.9 Å². The molecule has 0 bridgehead atoms. The molecule has 0 amide bonds. The van der Waals surface area contributed by atoms with Gasteiger partial charge in [-0.1, -0.05) is 20.4 Å². The van der Waals surface area contributed by atoms with Crippen molar-refractivity contribution in [2.75, 3.05) is 13.2 Å². The van der Waals surface area contributed by atoms with Crippen molar-refractivity contribution < 1.29 is 4.74 Å². The van der Waals surface area contributed by atoms with E-state index in [0.29, 0.717) is 6.61 Å². The number of ether oxygens (including phenoxy) is 1. The Bertz CT molecular complexity index is 395. The molecule has 0 saturated carbocycles. The topological polar surface area (TPSA) is 21.3 Å². The fourth-order valence-corrected chi connectivity index (χ4v) is 2.91. The van der Waals surface area contributed by atoms with E-state index in [-0.39, 0.29) is 0 Å². The van der Waals surface area contributed by atoms with Crippen LogP contribution in [0, 0.1) is 0 Å². The van der Waals surface area contributed by atoms with Crippen molar-refractivity contribution in [3.8, 4) is 5.75 Å². The van der Waals surface area contributed by atoms with Crippen LogP contribution in [-0.4, -0.2) is 13.2 Å². The molecule has 1 aromatic rings. The Morgan fingerprint density at radius 1 is 1.28 bits per heavy atom. The van der Waals surface area contributed by atoms with E-state index in [1.165, 1.54) is 5.56 Å². The molecule has 0 atom stereocenters. The number of nitrogens with one attached hydrogen (secondary N) is 1. The van der Waals surface area contributed by atoms with Crippen LogP contribution < -0.4 is 10.1 Å². The summed E-state index contributed by atoms with van der Waals surface area (Å²) in [7, 11) is 0. The minimum absolute atomic E-state index is 0.556.